The molecule has 0 spiro atoms. The van der Waals surface area contributed by atoms with Crippen molar-refractivity contribution in [2.45, 2.75) is 19.4 Å². The maximum Gasteiger partial charge on any atom is 0.341 e. The van der Waals surface area contributed by atoms with Gasteiger partial charge in [-0.15, -0.1) is 0 Å². The summed E-state index contributed by atoms with van der Waals surface area (Å²) in [6, 6.07) is 0.523. The van der Waals surface area contributed by atoms with E-state index in [4.69, 9.17) is 5.11 Å². The summed E-state index contributed by atoms with van der Waals surface area (Å²) in [6.45, 7) is 4.05. The zero-order chi connectivity index (χ0) is 16.4. The Labute approximate surface area is 122 Å². The van der Waals surface area contributed by atoms with E-state index in [2.05, 4.69) is 0 Å². The van der Waals surface area contributed by atoms with Crippen LogP contribution >= 0.6 is 0 Å². The summed E-state index contributed by atoms with van der Waals surface area (Å²) in [6.07, 6.45) is 0.933. The Bertz CT molecular complexity index is 889. The van der Waals surface area contributed by atoms with Gasteiger partial charge in [-0.2, -0.15) is 0 Å². The predicted molar refractivity (Wildman–Crippen MR) is 72.2 cm³/mol. The second-order valence-corrected chi connectivity index (χ2v) is 5.77. The van der Waals surface area contributed by atoms with Crippen molar-refractivity contribution in [1.82, 2.24) is 4.68 Å². The van der Waals surface area contributed by atoms with E-state index < -0.39 is 50.9 Å². The highest BCUT2D eigenvalue weighted by molar-refractivity contribution is 5.93. The molecule has 1 aliphatic heterocycles. The number of carboxylic acids is 1. The first-order chi connectivity index (χ1) is 10.1. The third kappa shape index (κ3) is 1.87. The molecule has 1 aromatic carbocycles. The van der Waals surface area contributed by atoms with Crippen LogP contribution in [0.1, 0.15) is 24.2 Å². The average molecular weight is 312 g/mol. The van der Waals surface area contributed by atoms with Crippen molar-refractivity contribution in [3.8, 4) is 0 Å². The van der Waals surface area contributed by atoms with Gasteiger partial charge in [0.1, 0.15) is 11.1 Å². The van der Waals surface area contributed by atoms with Crippen molar-refractivity contribution in [3.05, 3.63) is 45.5 Å². The molecule has 1 saturated heterocycles. The minimum absolute atomic E-state index is 0.408. The highest BCUT2D eigenvalue weighted by Gasteiger charge is 2.45. The summed E-state index contributed by atoms with van der Waals surface area (Å²) in [7, 11) is 0. The van der Waals surface area contributed by atoms with Gasteiger partial charge < -0.3 is 10.1 Å². The lowest BCUT2D eigenvalue weighted by atomic mass is 10.1. The Morgan fingerprint density at radius 2 is 1.86 bits per heavy atom. The second kappa shape index (κ2) is 4.25. The summed E-state index contributed by atoms with van der Waals surface area (Å²) in [4.78, 5) is 23.2. The number of fused-ring (bicyclic) bond motifs is 1. The zero-order valence-electron chi connectivity index (χ0n) is 11.7. The fourth-order valence-corrected chi connectivity index (χ4v) is 2.41. The number of carboxylic acid groups (broad SMARTS) is 1. The molecular formula is C14H11F3N2O3. The summed E-state index contributed by atoms with van der Waals surface area (Å²) in [5.41, 5.74) is -2.58. The van der Waals surface area contributed by atoms with Crippen molar-refractivity contribution in [3.63, 3.8) is 0 Å². The molecule has 5 nitrogen and oxygen atoms in total. The molecule has 22 heavy (non-hydrogen) atoms. The number of pyridine rings is 1. The van der Waals surface area contributed by atoms with Crippen LogP contribution in [0.3, 0.4) is 0 Å². The lowest BCUT2D eigenvalue weighted by Crippen LogP contribution is -2.27. The Morgan fingerprint density at radius 1 is 1.27 bits per heavy atom. The number of hydrogen-bond donors (Lipinski definition) is 1. The zero-order valence-corrected chi connectivity index (χ0v) is 11.7. The van der Waals surface area contributed by atoms with Gasteiger partial charge in [0.05, 0.1) is 17.5 Å². The van der Waals surface area contributed by atoms with Gasteiger partial charge in [0.2, 0.25) is 5.43 Å². The van der Waals surface area contributed by atoms with Crippen LogP contribution in [0.2, 0.25) is 0 Å². The van der Waals surface area contributed by atoms with E-state index in [1.165, 1.54) is 0 Å². The molecule has 0 amide bonds. The average Bonchev–Trinajstić information content (AvgIpc) is 3.05. The number of halogens is 3. The SMILES string of the molecule is CC1(C)CN1n1cc(C(=O)O)c(=O)c2cc(F)c(F)c(F)c21. The highest BCUT2D eigenvalue weighted by Crippen LogP contribution is 2.32. The minimum atomic E-state index is -1.71. The van der Waals surface area contributed by atoms with Crippen LogP contribution in [0.5, 0.6) is 0 Å². The molecule has 3 rings (SSSR count). The molecule has 8 heteroatoms. The Hall–Kier alpha value is -2.51. The Balaban J connectivity index is 2.48. The summed E-state index contributed by atoms with van der Waals surface area (Å²) in [5.74, 6) is -6.29. The number of rotatable bonds is 2. The Morgan fingerprint density at radius 3 is 2.36 bits per heavy atom. The van der Waals surface area contributed by atoms with Crippen LogP contribution in [0.15, 0.2) is 17.1 Å². The van der Waals surface area contributed by atoms with Gasteiger partial charge >= 0.3 is 5.97 Å². The van der Waals surface area contributed by atoms with Gasteiger partial charge in [-0.25, -0.2) is 18.0 Å². The van der Waals surface area contributed by atoms with Crippen LogP contribution in [-0.2, 0) is 0 Å². The van der Waals surface area contributed by atoms with E-state index >= 15 is 0 Å². The molecule has 2 heterocycles. The van der Waals surface area contributed by atoms with E-state index in [1.54, 1.807) is 18.9 Å². The summed E-state index contributed by atoms with van der Waals surface area (Å²) < 4.78 is 42.1. The first-order valence-electron chi connectivity index (χ1n) is 6.39. The van der Waals surface area contributed by atoms with Gasteiger partial charge in [-0.1, -0.05) is 0 Å². The van der Waals surface area contributed by atoms with Crippen LogP contribution in [0, 0.1) is 17.5 Å². The van der Waals surface area contributed by atoms with E-state index in [1.807, 2.05) is 0 Å². The molecule has 1 N–H and O–H groups in total. The molecule has 0 atom stereocenters. The number of aromatic carboxylic acids is 1. The molecular weight excluding hydrogens is 301 g/mol. The molecule has 1 aliphatic rings. The van der Waals surface area contributed by atoms with Crippen molar-refractivity contribution in [1.29, 1.82) is 0 Å². The van der Waals surface area contributed by atoms with Crippen LogP contribution < -0.4 is 10.4 Å². The third-order valence-corrected chi connectivity index (χ3v) is 3.73. The van der Waals surface area contributed by atoms with Crippen LogP contribution in [0.25, 0.3) is 10.9 Å². The third-order valence-electron chi connectivity index (χ3n) is 3.73. The molecule has 0 radical (unpaired) electrons. The highest BCUT2D eigenvalue weighted by atomic mass is 19.2. The molecule has 1 aromatic heterocycles. The standard InChI is InChI=1S/C14H11F3N2O3/c1-14(2)5-19(14)18-4-7(13(21)22)12(20)6-3-8(15)9(16)10(17)11(6)18/h3-4H,5H2,1-2H3,(H,21,22). The molecule has 0 bridgehead atoms. The van der Waals surface area contributed by atoms with Gasteiger partial charge in [0, 0.05) is 6.20 Å². The molecule has 0 saturated carbocycles. The fourth-order valence-electron chi connectivity index (χ4n) is 2.41. The molecule has 116 valence electrons. The normalized spacial score (nSPS) is 16.1. The lowest BCUT2D eigenvalue weighted by Gasteiger charge is -2.17. The Kier molecular flexibility index (Phi) is 2.79. The summed E-state index contributed by atoms with van der Waals surface area (Å²) in [5, 5.41) is 10.1. The number of aromatic nitrogens is 1. The van der Waals surface area contributed by atoms with Crippen molar-refractivity contribution >= 4 is 16.9 Å². The molecule has 1 fully saturated rings. The van der Waals surface area contributed by atoms with E-state index in [0.717, 1.165) is 10.9 Å². The lowest BCUT2D eigenvalue weighted by molar-refractivity contribution is 0.0695. The van der Waals surface area contributed by atoms with E-state index in [0.29, 0.717) is 12.6 Å². The maximum absolute atomic E-state index is 14.1. The van der Waals surface area contributed by atoms with E-state index in [-0.39, 0.29) is 0 Å². The van der Waals surface area contributed by atoms with Crippen LogP contribution in [0.4, 0.5) is 13.2 Å². The van der Waals surface area contributed by atoms with Gasteiger partial charge in [0.25, 0.3) is 0 Å². The monoisotopic (exact) mass is 312 g/mol. The largest absolute Gasteiger partial charge is 0.477 e. The predicted octanol–water partition coefficient (Wildman–Crippen LogP) is 1.85. The number of nitrogens with zero attached hydrogens (tertiary/aromatic N) is 2. The van der Waals surface area contributed by atoms with Gasteiger partial charge in [-0.05, 0) is 19.9 Å². The number of hydrogen-bond acceptors (Lipinski definition) is 3. The molecule has 2 aromatic rings. The second-order valence-electron chi connectivity index (χ2n) is 5.77. The topological polar surface area (TPSA) is 62.3 Å². The summed E-state index contributed by atoms with van der Waals surface area (Å²) >= 11 is 0. The number of carbonyl (C=O) groups is 1. The van der Waals surface area contributed by atoms with Crippen molar-refractivity contribution in [2.24, 2.45) is 0 Å². The minimum Gasteiger partial charge on any atom is -0.477 e. The van der Waals surface area contributed by atoms with Gasteiger partial charge in [-0.3, -0.25) is 9.47 Å². The fraction of sp³-hybridized carbons (Fsp3) is 0.286. The number of benzene rings is 1. The smallest absolute Gasteiger partial charge is 0.341 e. The first kappa shape index (κ1) is 14.4. The quantitative estimate of drug-likeness (QED) is 0.679. The van der Waals surface area contributed by atoms with Crippen molar-refractivity contribution < 1.29 is 23.1 Å². The van der Waals surface area contributed by atoms with Crippen molar-refractivity contribution in [2.75, 3.05) is 11.6 Å². The van der Waals surface area contributed by atoms with E-state index in [9.17, 15) is 22.8 Å². The first-order valence-corrected chi connectivity index (χ1v) is 6.39. The molecule has 0 aliphatic carbocycles. The maximum atomic E-state index is 14.1. The van der Waals surface area contributed by atoms with Gasteiger partial charge in [0.15, 0.2) is 17.5 Å². The molecule has 0 unspecified atom stereocenters. The van der Waals surface area contributed by atoms with Crippen LogP contribution in [-0.4, -0.2) is 27.8 Å².